The molecule has 8 heteroatoms. The molecule has 0 aliphatic carbocycles. The van der Waals surface area contributed by atoms with Crippen molar-refractivity contribution in [2.24, 2.45) is 0 Å². The fourth-order valence-corrected chi connectivity index (χ4v) is 4.22. The molecule has 0 atom stereocenters. The SMILES string of the molecule is Cc1ncsc1CN(C)S(=O)(=O)c1c(C)n[nH]c1C. The molecule has 0 saturated heterocycles. The maximum atomic E-state index is 12.5. The molecule has 19 heavy (non-hydrogen) atoms. The number of nitrogens with zero attached hydrogens (tertiary/aromatic N) is 3. The van der Waals surface area contributed by atoms with Gasteiger partial charge in [0.05, 0.1) is 22.6 Å². The topological polar surface area (TPSA) is 79.0 Å². The van der Waals surface area contributed by atoms with E-state index in [0.29, 0.717) is 17.9 Å². The number of hydrogen-bond donors (Lipinski definition) is 1. The first kappa shape index (κ1) is 14.2. The Labute approximate surface area is 116 Å². The Balaban J connectivity index is 2.33. The van der Waals surface area contributed by atoms with Gasteiger partial charge in [-0.2, -0.15) is 9.40 Å². The van der Waals surface area contributed by atoms with E-state index in [2.05, 4.69) is 15.2 Å². The minimum Gasteiger partial charge on any atom is -0.281 e. The Morgan fingerprint density at radius 1 is 1.32 bits per heavy atom. The van der Waals surface area contributed by atoms with Crippen LogP contribution in [0.5, 0.6) is 0 Å². The molecule has 2 heterocycles. The molecule has 2 rings (SSSR count). The van der Waals surface area contributed by atoms with Gasteiger partial charge < -0.3 is 0 Å². The fraction of sp³-hybridized carbons (Fsp3) is 0.455. The van der Waals surface area contributed by atoms with E-state index in [-0.39, 0.29) is 4.90 Å². The van der Waals surface area contributed by atoms with E-state index < -0.39 is 10.0 Å². The molecule has 0 unspecified atom stereocenters. The van der Waals surface area contributed by atoms with Gasteiger partial charge in [0, 0.05) is 18.5 Å². The predicted molar refractivity (Wildman–Crippen MR) is 73.6 cm³/mol. The van der Waals surface area contributed by atoms with Gasteiger partial charge in [0.15, 0.2) is 0 Å². The third-order valence-corrected chi connectivity index (χ3v) is 5.93. The van der Waals surface area contributed by atoms with Crippen LogP contribution < -0.4 is 0 Å². The minimum absolute atomic E-state index is 0.261. The van der Waals surface area contributed by atoms with Crippen molar-refractivity contribution in [2.75, 3.05) is 7.05 Å². The van der Waals surface area contributed by atoms with Gasteiger partial charge in [-0.25, -0.2) is 13.4 Å². The van der Waals surface area contributed by atoms with Gasteiger partial charge in [-0.15, -0.1) is 11.3 Å². The van der Waals surface area contributed by atoms with Crippen molar-refractivity contribution >= 4 is 21.4 Å². The van der Waals surface area contributed by atoms with Crippen LogP contribution in [-0.2, 0) is 16.6 Å². The van der Waals surface area contributed by atoms with Crippen molar-refractivity contribution in [3.63, 3.8) is 0 Å². The third kappa shape index (κ3) is 2.56. The molecule has 0 aliphatic heterocycles. The summed E-state index contributed by atoms with van der Waals surface area (Å²) in [6, 6.07) is 0. The highest BCUT2D eigenvalue weighted by atomic mass is 32.2. The summed E-state index contributed by atoms with van der Waals surface area (Å²) in [5.74, 6) is 0. The van der Waals surface area contributed by atoms with Crippen molar-refractivity contribution < 1.29 is 8.42 Å². The van der Waals surface area contributed by atoms with E-state index in [9.17, 15) is 8.42 Å². The average Bonchev–Trinajstić information content (AvgIpc) is 2.86. The minimum atomic E-state index is -3.53. The van der Waals surface area contributed by atoms with Crippen molar-refractivity contribution in [1.29, 1.82) is 0 Å². The van der Waals surface area contributed by atoms with Gasteiger partial charge >= 0.3 is 0 Å². The maximum absolute atomic E-state index is 12.5. The van der Waals surface area contributed by atoms with E-state index >= 15 is 0 Å². The van der Waals surface area contributed by atoms with Crippen LogP contribution in [0, 0.1) is 20.8 Å². The molecule has 2 aromatic heterocycles. The van der Waals surface area contributed by atoms with Crippen LogP contribution in [0.4, 0.5) is 0 Å². The molecular weight excluding hydrogens is 284 g/mol. The number of aromatic amines is 1. The van der Waals surface area contributed by atoms with Gasteiger partial charge in [-0.3, -0.25) is 5.10 Å². The number of nitrogens with one attached hydrogen (secondary N) is 1. The molecule has 104 valence electrons. The molecule has 6 nitrogen and oxygen atoms in total. The van der Waals surface area contributed by atoms with Gasteiger partial charge in [0.1, 0.15) is 4.90 Å². The zero-order valence-corrected chi connectivity index (χ0v) is 12.9. The monoisotopic (exact) mass is 300 g/mol. The third-order valence-electron chi connectivity index (χ3n) is 2.94. The number of H-pyrrole nitrogens is 1. The highest BCUT2D eigenvalue weighted by Crippen LogP contribution is 2.23. The Morgan fingerprint density at radius 2 is 2.00 bits per heavy atom. The predicted octanol–water partition coefficient (Wildman–Crippen LogP) is 1.61. The molecule has 2 aromatic rings. The first-order valence-corrected chi connectivity index (χ1v) is 8.03. The summed E-state index contributed by atoms with van der Waals surface area (Å²) in [6.07, 6.45) is 0. The van der Waals surface area contributed by atoms with Crippen molar-refractivity contribution in [3.05, 3.63) is 27.5 Å². The van der Waals surface area contributed by atoms with Crippen LogP contribution in [0.15, 0.2) is 10.4 Å². The second-order valence-corrected chi connectivity index (χ2v) is 7.31. The summed E-state index contributed by atoms with van der Waals surface area (Å²) in [7, 11) is -1.96. The summed E-state index contributed by atoms with van der Waals surface area (Å²) in [5, 5.41) is 6.64. The maximum Gasteiger partial charge on any atom is 0.246 e. The molecule has 0 saturated carbocycles. The standard InChI is InChI=1S/C11H16N4O2S2/c1-7-10(18-6-12-7)5-15(4)19(16,17)11-8(2)13-14-9(11)3/h6H,5H2,1-4H3,(H,13,14). The number of thiazole rings is 1. The summed E-state index contributed by atoms with van der Waals surface area (Å²) in [5.41, 5.74) is 3.64. The lowest BCUT2D eigenvalue weighted by Crippen LogP contribution is -2.27. The second kappa shape index (κ2) is 5.03. The lowest BCUT2D eigenvalue weighted by molar-refractivity contribution is 0.468. The van der Waals surface area contributed by atoms with Crippen LogP contribution in [0.1, 0.15) is 22.0 Å². The summed E-state index contributed by atoms with van der Waals surface area (Å²) in [6.45, 7) is 5.59. The van der Waals surface area contributed by atoms with Gasteiger partial charge in [-0.05, 0) is 20.8 Å². The van der Waals surface area contributed by atoms with E-state index in [4.69, 9.17) is 0 Å². The van der Waals surface area contributed by atoms with Crippen LogP contribution in [-0.4, -0.2) is 35.0 Å². The van der Waals surface area contributed by atoms with E-state index in [0.717, 1.165) is 10.6 Å². The number of sulfonamides is 1. The number of aromatic nitrogens is 3. The molecule has 0 aliphatic rings. The van der Waals surface area contributed by atoms with Crippen LogP contribution in [0.25, 0.3) is 0 Å². The number of rotatable bonds is 4. The van der Waals surface area contributed by atoms with Crippen LogP contribution >= 0.6 is 11.3 Å². The number of hydrogen-bond acceptors (Lipinski definition) is 5. The Bertz CT molecular complexity index is 668. The van der Waals surface area contributed by atoms with E-state index in [1.807, 2.05) is 6.92 Å². The molecule has 0 radical (unpaired) electrons. The zero-order valence-electron chi connectivity index (χ0n) is 11.3. The summed E-state index contributed by atoms with van der Waals surface area (Å²) < 4.78 is 26.4. The van der Waals surface area contributed by atoms with E-state index in [1.165, 1.54) is 15.6 Å². The van der Waals surface area contributed by atoms with Gasteiger partial charge in [0.25, 0.3) is 0 Å². The molecule has 1 N–H and O–H groups in total. The highest BCUT2D eigenvalue weighted by molar-refractivity contribution is 7.89. The number of aryl methyl sites for hydroxylation is 3. The summed E-state index contributed by atoms with van der Waals surface area (Å²) >= 11 is 1.46. The smallest absolute Gasteiger partial charge is 0.246 e. The average molecular weight is 300 g/mol. The quantitative estimate of drug-likeness (QED) is 0.930. The van der Waals surface area contributed by atoms with Crippen LogP contribution in [0.3, 0.4) is 0 Å². The molecule has 0 fully saturated rings. The normalized spacial score (nSPS) is 12.3. The Kier molecular flexibility index (Phi) is 3.75. The van der Waals surface area contributed by atoms with Crippen LogP contribution in [0.2, 0.25) is 0 Å². The highest BCUT2D eigenvalue weighted by Gasteiger charge is 2.27. The second-order valence-electron chi connectivity index (χ2n) is 4.39. The van der Waals surface area contributed by atoms with Crippen molar-refractivity contribution in [2.45, 2.75) is 32.2 Å². The van der Waals surface area contributed by atoms with Gasteiger partial charge in [0.2, 0.25) is 10.0 Å². The molecule has 0 amide bonds. The Morgan fingerprint density at radius 3 is 2.47 bits per heavy atom. The lowest BCUT2D eigenvalue weighted by Gasteiger charge is -2.16. The molecular formula is C11H16N4O2S2. The zero-order chi connectivity index (χ0) is 14.2. The summed E-state index contributed by atoms with van der Waals surface area (Å²) in [4.78, 5) is 5.34. The van der Waals surface area contributed by atoms with Gasteiger partial charge in [-0.1, -0.05) is 0 Å². The molecule has 0 spiro atoms. The first-order valence-electron chi connectivity index (χ1n) is 5.71. The van der Waals surface area contributed by atoms with Crippen molar-refractivity contribution in [3.8, 4) is 0 Å². The van der Waals surface area contributed by atoms with E-state index in [1.54, 1.807) is 26.4 Å². The first-order chi connectivity index (χ1) is 8.84. The fourth-order valence-electron chi connectivity index (χ4n) is 1.84. The Hall–Kier alpha value is -1.25. The van der Waals surface area contributed by atoms with Crippen molar-refractivity contribution in [1.82, 2.24) is 19.5 Å². The molecule has 0 bridgehead atoms. The molecule has 0 aromatic carbocycles. The largest absolute Gasteiger partial charge is 0.281 e. The lowest BCUT2D eigenvalue weighted by atomic mass is 10.4.